The van der Waals surface area contributed by atoms with Crippen LogP contribution in [-0.4, -0.2) is 33.4 Å². The highest BCUT2D eigenvalue weighted by atomic mass is 19.1. The number of hydrogen-bond acceptors (Lipinski definition) is 4. The Balaban J connectivity index is 2.34. The van der Waals surface area contributed by atoms with Gasteiger partial charge in [-0.05, 0) is 18.2 Å². The predicted molar refractivity (Wildman–Crippen MR) is 64.4 cm³/mol. The monoisotopic (exact) mass is 237 g/mol. The van der Waals surface area contributed by atoms with Gasteiger partial charge in [-0.3, -0.25) is 0 Å². The molecule has 0 unspecified atom stereocenters. The lowest BCUT2D eigenvalue weighted by molar-refractivity contribution is 0.200. The molecule has 0 saturated carbocycles. The normalized spacial score (nSPS) is 9.94. The first-order valence-corrected chi connectivity index (χ1v) is 5.41. The standard InChI is InChI=1S/C12H16FN3O/c1-17-7-6-15-4-5-16-12-3-2-11(13)8-10(12)9-14/h2-3,8,15-16H,4-7H2,1H3. The third-order valence-electron chi connectivity index (χ3n) is 2.20. The van der Waals surface area contributed by atoms with Crippen LogP contribution in [0.2, 0.25) is 0 Å². The van der Waals surface area contributed by atoms with E-state index in [0.717, 1.165) is 13.1 Å². The second-order valence-corrected chi connectivity index (χ2v) is 3.47. The average molecular weight is 237 g/mol. The van der Waals surface area contributed by atoms with Crippen molar-refractivity contribution in [2.45, 2.75) is 0 Å². The zero-order chi connectivity index (χ0) is 12.5. The summed E-state index contributed by atoms with van der Waals surface area (Å²) >= 11 is 0. The molecule has 0 aromatic heterocycles. The third-order valence-corrected chi connectivity index (χ3v) is 2.20. The van der Waals surface area contributed by atoms with Gasteiger partial charge in [0, 0.05) is 26.7 Å². The van der Waals surface area contributed by atoms with Crippen LogP contribution in [0.4, 0.5) is 10.1 Å². The van der Waals surface area contributed by atoms with Gasteiger partial charge in [0.05, 0.1) is 17.9 Å². The molecule has 0 aliphatic rings. The molecule has 0 bridgehead atoms. The lowest BCUT2D eigenvalue weighted by Gasteiger charge is -2.08. The Kier molecular flexibility index (Phi) is 6.00. The first-order chi connectivity index (χ1) is 8.27. The average Bonchev–Trinajstić information content (AvgIpc) is 2.35. The first-order valence-electron chi connectivity index (χ1n) is 5.41. The molecule has 1 aromatic carbocycles. The smallest absolute Gasteiger partial charge is 0.124 e. The summed E-state index contributed by atoms with van der Waals surface area (Å²) in [7, 11) is 1.65. The van der Waals surface area contributed by atoms with E-state index in [0.29, 0.717) is 24.4 Å². The maximum Gasteiger partial charge on any atom is 0.124 e. The van der Waals surface area contributed by atoms with Crippen LogP contribution in [0.3, 0.4) is 0 Å². The molecule has 0 fully saturated rings. The number of nitrogens with zero attached hydrogens (tertiary/aromatic N) is 1. The van der Waals surface area contributed by atoms with Crippen LogP contribution >= 0.6 is 0 Å². The number of rotatable bonds is 7. The summed E-state index contributed by atoms with van der Waals surface area (Å²) < 4.78 is 17.7. The van der Waals surface area contributed by atoms with Crippen LogP contribution in [0.1, 0.15) is 5.56 Å². The van der Waals surface area contributed by atoms with Crippen molar-refractivity contribution in [3.8, 4) is 6.07 Å². The van der Waals surface area contributed by atoms with Crippen molar-refractivity contribution in [3.63, 3.8) is 0 Å². The summed E-state index contributed by atoms with van der Waals surface area (Å²) in [5, 5.41) is 15.1. The molecule has 5 heteroatoms. The molecular formula is C12H16FN3O. The zero-order valence-electron chi connectivity index (χ0n) is 9.79. The fourth-order valence-electron chi connectivity index (χ4n) is 1.35. The Labute approximate surface area is 100 Å². The minimum absolute atomic E-state index is 0.321. The van der Waals surface area contributed by atoms with Crippen molar-refractivity contribution in [3.05, 3.63) is 29.6 Å². The van der Waals surface area contributed by atoms with Crippen molar-refractivity contribution in [1.82, 2.24) is 5.32 Å². The highest BCUT2D eigenvalue weighted by Gasteiger charge is 2.02. The van der Waals surface area contributed by atoms with E-state index in [2.05, 4.69) is 10.6 Å². The number of anilines is 1. The molecule has 2 N–H and O–H groups in total. The number of hydrogen-bond donors (Lipinski definition) is 2. The first kappa shape index (κ1) is 13.4. The largest absolute Gasteiger partial charge is 0.383 e. The number of ether oxygens (including phenoxy) is 1. The van der Waals surface area contributed by atoms with E-state index in [4.69, 9.17) is 10.00 Å². The Hall–Kier alpha value is -1.64. The zero-order valence-corrected chi connectivity index (χ0v) is 9.79. The van der Waals surface area contributed by atoms with Crippen molar-refractivity contribution in [2.75, 3.05) is 38.7 Å². The van der Waals surface area contributed by atoms with Crippen LogP contribution in [0, 0.1) is 17.1 Å². The Morgan fingerprint density at radius 1 is 1.35 bits per heavy atom. The molecule has 4 nitrogen and oxygen atoms in total. The van der Waals surface area contributed by atoms with Crippen LogP contribution in [0.15, 0.2) is 18.2 Å². The van der Waals surface area contributed by atoms with E-state index < -0.39 is 5.82 Å². The topological polar surface area (TPSA) is 57.1 Å². The Bertz CT molecular complexity index is 390. The van der Waals surface area contributed by atoms with Crippen LogP contribution in [0.25, 0.3) is 0 Å². The van der Waals surface area contributed by atoms with Crippen molar-refractivity contribution < 1.29 is 9.13 Å². The molecule has 0 aliphatic heterocycles. The summed E-state index contributed by atoms with van der Waals surface area (Å²) in [6.45, 7) is 2.88. The van der Waals surface area contributed by atoms with Gasteiger partial charge in [0.2, 0.25) is 0 Å². The number of nitriles is 1. The van der Waals surface area contributed by atoms with Crippen LogP contribution < -0.4 is 10.6 Å². The van der Waals surface area contributed by atoms with Gasteiger partial charge < -0.3 is 15.4 Å². The summed E-state index contributed by atoms with van der Waals surface area (Å²) in [6, 6.07) is 6.08. The molecule has 1 rings (SSSR count). The molecule has 92 valence electrons. The van der Waals surface area contributed by atoms with E-state index in [1.165, 1.54) is 12.1 Å². The highest BCUT2D eigenvalue weighted by Crippen LogP contribution is 2.15. The minimum atomic E-state index is -0.398. The maximum atomic E-state index is 12.9. The Morgan fingerprint density at radius 3 is 2.88 bits per heavy atom. The highest BCUT2D eigenvalue weighted by molar-refractivity contribution is 5.57. The van der Waals surface area contributed by atoms with E-state index in [1.807, 2.05) is 6.07 Å². The summed E-state index contributed by atoms with van der Waals surface area (Å²) in [5.74, 6) is -0.398. The van der Waals surface area contributed by atoms with Crippen molar-refractivity contribution >= 4 is 5.69 Å². The summed E-state index contributed by atoms with van der Waals surface area (Å²) in [4.78, 5) is 0. The van der Waals surface area contributed by atoms with Gasteiger partial charge in [-0.25, -0.2) is 4.39 Å². The summed E-state index contributed by atoms with van der Waals surface area (Å²) in [5.41, 5.74) is 0.976. The van der Waals surface area contributed by atoms with Crippen molar-refractivity contribution in [2.24, 2.45) is 0 Å². The van der Waals surface area contributed by atoms with Gasteiger partial charge in [-0.2, -0.15) is 5.26 Å². The number of nitrogens with one attached hydrogen (secondary N) is 2. The lowest BCUT2D eigenvalue weighted by atomic mass is 10.2. The van der Waals surface area contributed by atoms with Gasteiger partial charge in [-0.1, -0.05) is 0 Å². The fraction of sp³-hybridized carbons (Fsp3) is 0.417. The molecule has 17 heavy (non-hydrogen) atoms. The van der Waals surface area contributed by atoms with Gasteiger partial charge in [0.1, 0.15) is 11.9 Å². The SMILES string of the molecule is COCCNCCNc1ccc(F)cc1C#N. The van der Waals surface area contributed by atoms with Crippen molar-refractivity contribution in [1.29, 1.82) is 5.26 Å². The number of methoxy groups -OCH3 is 1. The van der Waals surface area contributed by atoms with Gasteiger partial charge >= 0.3 is 0 Å². The molecule has 0 atom stereocenters. The Morgan fingerprint density at radius 2 is 2.18 bits per heavy atom. The van der Waals surface area contributed by atoms with E-state index >= 15 is 0 Å². The minimum Gasteiger partial charge on any atom is -0.383 e. The molecule has 0 amide bonds. The third kappa shape index (κ3) is 4.81. The van der Waals surface area contributed by atoms with Crippen LogP contribution in [0.5, 0.6) is 0 Å². The van der Waals surface area contributed by atoms with E-state index in [9.17, 15) is 4.39 Å². The van der Waals surface area contributed by atoms with Gasteiger partial charge in [0.15, 0.2) is 0 Å². The number of halogens is 1. The molecule has 0 radical (unpaired) electrons. The molecular weight excluding hydrogens is 221 g/mol. The van der Waals surface area contributed by atoms with E-state index in [-0.39, 0.29) is 0 Å². The second kappa shape index (κ2) is 7.60. The molecule has 0 aliphatic carbocycles. The molecule has 0 saturated heterocycles. The number of benzene rings is 1. The summed E-state index contributed by atoms with van der Waals surface area (Å²) in [6.07, 6.45) is 0. The second-order valence-electron chi connectivity index (χ2n) is 3.47. The maximum absolute atomic E-state index is 12.9. The van der Waals surface area contributed by atoms with Gasteiger partial charge in [0.25, 0.3) is 0 Å². The predicted octanol–water partition coefficient (Wildman–Crippen LogP) is 1.35. The van der Waals surface area contributed by atoms with Crippen LogP contribution in [-0.2, 0) is 4.74 Å². The quantitative estimate of drug-likeness (QED) is 0.703. The lowest BCUT2D eigenvalue weighted by Crippen LogP contribution is -2.25. The fourth-order valence-corrected chi connectivity index (χ4v) is 1.35. The van der Waals surface area contributed by atoms with Gasteiger partial charge in [-0.15, -0.1) is 0 Å². The van der Waals surface area contributed by atoms with E-state index in [1.54, 1.807) is 13.2 Å². The molecule has 1 aromatic rings. The molecule has 0 spiro atoms. The molecule has 0 heterocycles.